The van der Waals surface area contributed by atoms with E-state index in [4.69, 9.17) is 16.3 Å². The fourth-order valence-electron chi connectivity index (χ4n) is 3.76. The van der Waals surface area contributed by atoms with Gasteiger partial charge in [0.2, 0.25) is 0 Å². The number of ether oxygens (including phenoxy) is 1. The first-order valence-corrected chi connectivity index (χ1v) is 10.6. The summed E-state index contributed by atoms with van der Waals surface area (Å²) in [7, 11) is 0. The third-order valence-corrected chi connectivity index (χ3v) is 5.92. The van der Waals surface area contributed by atoms with Crippen molar-refractivity contribution in [2.24, 2.45) is 0 Å². The predicted octanol–water partition coefficient (Wildman–Crippen LogP) is 3.94. The molecule has 0 unspecified atom stereocenters. The number of hydrogen-bond donors (Lipinski definition) is 0. The molecule has 1 aromatic heterocycles. The number of fused-ring (bicyclic) bond motifs is 1. The maximum Gasteiger partial charge on any atom is 0.343 e. The molecule has 160 valence electrons. The van der Waals surface area contributed by atoms with Gasteiger partial charge in [-0.25, -0.2) is 9.48 Å². The number of benzene rings is 2. The molecule has 6 nitrogen and oxygen atoms in total. The van der Waals surface area contributed by atoms with Crippen LogP contribution in [0.25, 0.3) is 0 Å². The molecule has 1 amide bonds. The van der Waals surface area contributed by atoms with Crippen molar-refractivity contribution < 1.29 is 14.3 Å². The molecule has 3 aromatic rings. The van der Waals surface area contributed by atoms with Gasteiger partial charge in [-0.2, -0.15) is 5.10 Å². The van der Waals surface area contributed by atoms with Crippen LogP contribution in [0.4, 0.5) is 0 Å². The molecule has 2 heterocycles. The summed E-state index contributed by atoms with van der Waals surface area (Å²) in [5, 5.41) is 4.59. The lowest BCUT2D eigenvalue weighted by Gasteiger charge is -2.28. The van der Waals surface area contributed by atoms with E-state index >= 15 is 0 Å². The Morgan fingerprint density at radius 1 is 1.06 bits per heavy atom. The first-order chi connectivity index (χ1) is 14.9. The third kappa shape index (κ3) is 4.64. The van der Waals surface area contributed by atoms with Crippen LogP contribution in [0.15, 0.2) is 48.5 Å². The molecular formula is C24H24ClN3O3. The molecule has 0 atom stereocenters. The Morgan fingerprint density at radius 2 is 1.77 bits per heavy atom. The van der Waals surface area contributed by atoms with Gasteiger partial charge in [0.15, 0.2) is 6.61 Å². The van der Waals surface area contributed by atoms with Crippen LogP contribution in [-0.4, -0.2) is 39.7 Å². The lowest BCUT2D eigenvalue weighted by atomic mass is 10.00. The molecule has 0 radical (unpaired) electrons. The number of hydrogen-bond acceptors (Lipinski definition) is 4. The topological polar surface area (TPSA) is 64.4 Å². The average molecular weight is 438 g/mol. The summed E-state index contributed by atoms with van der Waals surface area (Å²) in [6.07, 6.45) is 0.798. The summed E-state index contributed by atoms with van der Waals surface area (Å²) in [5.74, 6) is -0.855. The van der Waals surface area contributed by atoms with Crippen molar-refractivity contribution in [3.05, 3.63) is 87.2 Å². The molecule has 0 bridgehead atoms. The fourth-order valence-corrected chi connectivity index (χ4v) is 4.07. The number of esters is 1. The maximum absolute atomic E-state index is 12.7. The van der Waals surface area contributed by atoms with Gasteiger partial charge in [0.05, 0.1) is 12.2 Å². The van der Waals surface area contributed by atoms with E-state index < -0.39 is 5.97 Å². The van der Waals surface area contributed by atoms with E-state index in [1.807, 2.05) is 49.4 Å². The summed E-state index contributed by atoms with van der Waals surface area (Å²) in [6.45, 7) is 4.99. The molecule has 0 saturated carbocycles. The van der Waals surface area contributed by atoms with E-state index in [1.54, 1.807) is 16.5 Å². The van der Waals surface area contributed by atoms with Crippen LogP contribution in [0.2, 0.25) is 5.15 Å². The molecule has 1 aliphatic heterocycles. The zero-order valence-corrected chi connectivity index (χ0v) is 18.4. The Bertz CT molecular complexity index is 1120. The Balaban J connectivity index is 1.39. The fraction of sp³-hybridized carbons (Fsp3) is 0.292. The number of aromatic nitrogens is 2. The molecule has 0 aliphatic carbocycles. The molecule has 31 heavy (non-hydrogen) atoms. The summed E-state index contributed by atoms with van der Waals surface area (Å²) in [6, 6.07) is 16.1. The van der Waals surface area contributed by atoms with Crippen molar-refractivity contribution in [1.82, 2.24) is 14.7 Å². The molecule has 7 heteroatoms. The first-order valence-electron chi connectivity index (χ1n) is 10.2. The quantitative estimate of drug-likeness (QED) is 0.567. The number of aryl methyl sites for hydroxylation is 2. The van der Waals surface area contributed by atoms with Gasteiger partial charge in [0.25, 0.3) is 5.91 Å². The van der Waals surface area contributed by atoms with E-state index in [2.05, 4.69) is 11.2 Å². The Kier molecular flexibility index (Phi) is 6.09. The molecule has 4 rings (SSSR count). The second-order valence-corrected chi connectivity index (χ2v) is 8.16. The lowest BCUT2D eigenvalue weighted by Crippen LogP contribution is -2.38. The Hall–Kier alpha value is -3.12. The molecule has 0 N–H and O–H groups in total. The van der Waals surface area contributed by atoms with Crippen LogP contribution >= 0.6 is 11.6 Å². The van der Waals surface area contributed by atoms with Crippen LogP contribution < -0.4 is 0 Å². The summed E-state index contributed by atoms with van der Waals surface area (Å²) < 4.78 is 6.88. The van der Waals surface area contributed by atoms with Gasteiger partial charge in [-0.1, -0.05) is 65.7 Å². The highest BCUT2D eigenvalue weighted by Crippen LogP contribution is 2.23. The molecule has 0 spiro atoms. The van der Waals surface area contributed by atoms with Crippen molar-refractivity contribution in [3.63, 3.8) is 0 Å². The van der Waals surface area contributed by atoms with E-state index in [9.17, 15) is 9.59 Å². The maximum atomic E-state index is 12.7. The highest BCUT2D eigenvalue weighted by molar-refractivity contribution is 6.32. The van der Waals surface area contributed by atoms with Gasteiger partial charge >= 0.3 is 5.97 Å². The largest absolute Gasteiger partial charge is 0.452 e. The van der Waals surface area contributed by atoms with Gasteiger partial charge < -0.3 is 9.64 Å². The van der Waals surface area contributed by atoms with Crippen LogP contribution in [0.1, 0.15) is 38.3 Å². The Morgan fingerprint density at radius 3 is 2.52 bits per heavy atom. The minimum absolute atomic E-state index is 0.200. The van der Waals surface area contributed by atoms with Gasteiger partial charge in [0.1, 0.15) is 10.7 Å². The van der Waals surface area contributed by atoms with Crippen LogP contribution in [-0.2, 0) is 29.0 Å². The molecule has 0 fully saturated rings. The highest BCUT2D eigenvalue weighted by atomic mass is 35.5. The number of nitrogens with zero attached hydrogens (tertiary/aromatic N) is 3. The van der Waals surface area contributed by atoms with Crippen LogP contribution in [0, 0.1) is 13.8 Å². The minimum Gasteiger partial charge on any atom is -0.452 e. The van der Waals surface area contributed by atoms with Crippen molar-refractivity contribution in [1.29, 1.82) is 0 Å². The molecular weight excluding hydrogens is 414 g/mol. The van der Waals surface area contributed by atoms with Gasteiger partial charge in [-0.15, -0.1) is 0 Å². The lowest BCUT2D eigenvalue weighted by molar-refractivity contribution is -0.135. The van der Waals surface area contributed by atoms with Gasteiger partial charge in [0, 0.05) is 13.1 Å². The van der Waals surface area contributed by atoms with Gasteiger partial charge in [-0.05, 0) is 37.0 Å². The SMILES string of the molecule is Cc1ccc(Cn2nc(C)c(C(=O)OCC(=O)N3CCc4ccccc4C3)c2Cl)cc1. The molecule has 0 saturated heterocycles. The number of halogens is 1. The van der Waals surface area contributed by atoms with Crippen molar-refractivity contribution >= 4 is 23.5 Å². The van der Waals surface area contributed by atoms with Crippen LogP contribution in [0.5, 0.6) is 0 Å². The molecule has 1 aliphatic rings. The summed E-state index contributed by atoms with van der Waals surface area (Å²) in [5.41, 5.74) is 5.25. The normalized spacial score (nSPS) is 13.1. The standard InChI is InChI=1S/C24H24ClN3O3/c1-16-7-9-18(10-8-16)13-28-23(25)22(17(2)26-28)24(30)31-15-21(29)27-12-11-19-5-3-4-6-20(19)14-27/h3-10H,11-15H2,1-2H3. The number of rotatable bonds is 5. The number of carbonyl (C=O) groups is 2. The first kappa shape index (κ1) is 21.1. The number of carbonyl (C=O) groups excluding carboxylic acids is 2. The summed E-state index contributed by atoms with van der Waals surface area (Å²) >= 11 is 6.43. The Labute approximate surface area is 186 Å². The summed E-state index contributed by atoms with van der Waals surface area (Å²) in [4.78, 5) is 26.9. The minimum atomic E-state index is -0.636. The molecule has 2 aromatic carbocycles. The van der Waals surface area contributed by atoms with Gasteiger partial charge in [-0.3, -0.25) is 4.79 Å². The monoisotopic (exact) mass is 437 g/mol. The van der Waals surface area contributed by atoms with Crippen molar-refractivity contribution in [3.8, 4) is 0 Å². The zero-order chi connectivity index (χ0) is 22.0. The van der Waals surface area contributed by atoms with E-state index in [0.717, 1.165) is 23.1 Å². The van der Waals surface area contributed by atoms with Crippen molar-refractivity contribution in [2.45, 2.75) is 33.4 Å². The average Bonchev–Trinajstić information content (AvgIpc) is 3.05. The van der Waals surface area contributed by atoms with E-state index in [1.165, 1.54) is 5.56 Å². The highest BCUT2D eigenvalue weighted by Gasteiger charge is 2.25. The van der Waals surface area contributed by atoms with Crippen molar-refractivity contribution in [2.75, 3.05) is 13.2 Å². The van der Waals surface area contributed by atoms with Crippen LogP contribution in [0.3, 0.4) is 0 Å². The second kappa shape index (κ2) is 8.94. The predicted molar refractivity (Wildman–Crippen MR) is 118 cm³/mol. The second-order valence-electron chi connectivity index (χ2n) is 7.80. The number of amides is 1. The smallest absolute Gasteiger partial charge is 0.343 e. The third-order valence-electron chi connectivity index (χ3n) is 5.53. The zero-order valence-electron chi connectivity index (χ0n) is 17.6. The van der Waals surface area contributed by atoms with E-state index in [0.29, 0.717) is 25.3 Å². The van der Waals surface area contributed by atoms with E-state index in [-0.39, 0.29) is 23.2 Å².